The average Bonchev–Trinajstić information content (AvgIpc) is 3.49. The molecular formula is C32H42N6O8. The average molecular weight is 639 g/mol. The molecule has 0 bridgehead atoms. The van der Waals surface area contributed by atoms with Gasteiger partial charge in [-0.15, -0.1) is 11.5 Å². The Labute approximate surface area is 269 Å². The number of azide groups is 1. The van der Waals surface area contributed by atoms with Gasteiger partial charge >= 0.3 is 11.9 Å². The predicted octanol–water partition coefficient (Wildman–Crippen LogP) is 5.96. The highest BCUT2D eigenvalue weighted by molar-refractivity contribution is 5.75. The van der Waals surface area contributed by atoms with Crippen molar-refractivity contribution in [1.29, 1.82) is 0 Å². The number of ether oxygens (including phenoxy) is 6. The van der Waals surface area contributed by atoms with Gasteiger partial charge in [-0.1, -0.05) is 16.2 Å². The fourth-order valence-electron chi connectivity index (χ4n) is 2.79. The third-order valence-electron chi connectivity index (χ3n) is 5.38. The molecule has 0 fully saturated rings. The fraction of sp³-hybridized carbons (Fsp3) is 0.438. The van der Waals surface area contributed by atoms with E-state index in [1.54, 1.807) is 62.0 Å². The molecule has 0 spiro atoms. The number of terminal acetylenes is 1. The van der Waals surface area contributed by atoms with Crippen molar-refractivity contribution in [3.05, 3.63) is 70.9 Å². The monoisotopic (exact) mass is 638 g/mol. The second kappa shape index (κ2) is 19.8. The number of hydrogen-bond acceptors (Lipinski definition) is 11. The maximum Gasteiger partial charge on any atom is 0.313 e. The number of aromatic nitrogens is 3. The van der Waals surface area contributed by atoms with E-state index in [4.69, 9.17) is 35.6 Å². The zero-order valence-corrected chi connectivity index (χ0v) is 27.6. The van der Waals surface area contributed by atoms with Gasteiger partial charge in [-0.3, -0.25) is 9.59 Å². The van der Waals surface area contributed by atoms with Gasteiger partial charge < -0.3 is 28.4 Å². The molecule has 14 nitrogen and oxygen atoms in total. The molecule has 46 heavy (non-hydrogen) atoms. The summed E-state index contributed by atoms with van der Waals surface area (Å²) in [5.74, 6) is 4.75. The molecule has 0 aliphatic carbocycles. The van der Waals surface area contributed by atoms with Gasteiger partial charge in [0.25, 0.3) is 0 Å². The van der Waals surface area contributed by atoms with E-state index in [0.717, 1.165) is 17.2 Å². The predicted molar refractivity (Wildman–Crippen MR) is 170 cm³/mol. The molecule has 0 saturated carbocycles. The van der Waals surface area contributed by atoms with Crippen LogP contribution < -0.4 is 18.9 Å². The number of esters is 2. The highest BCUT2D eigenvalue weighted by atomic mass is 16.6. The normalized spacial score (nSPS) is 10.2. The van der Waals surface area contributed by atoms with Crippen molar-refractivity contribution < 1.29 is 38.0 Å². The minimum atomic E-state index is -0.555. The van der Waals surface area contributed by atoms with Crippen LogP contribution in [-0.2, 0) is 32.4 Å². The third-order valence-corrected chi connectivity index (χ3v) is 5.38. The fourth-order valence-corrected chi connectivity index (χ4v) is 2.79. The van der Waals surface area contributed by atoms with Crippen molar-refractivity contribution in [2.75, 3.05) is 27.6 Å². The standard InChI is InChI=1S/C16H21N3O4.C10H10O2.C6H11N3O2/c1-16(2,3)15(20)23-11-19-12(9-17-18-19)10-22-14-7-5-13(21-4)6-8-14;1-3-8-12-10-6-4-9(11-2)5-7-10;1-6(2,3)5(10)11-4-8-9-7/h5-9H,10-11H2,1-4H3;1,4-7H,8H2,2H3;4H2,1-3H3. The minimum absolute atomic E-state index is 0.0113. The Balaban J connectivity index is 0.000000387. The molecule has 0 saturated heterocycles. The summed E-state index contributed by atoms with van der Waals surface area (Å²) in [6, 6.07) is 14.5. The first kappa shape index (κ1) is 38.6. The summed E-state index contributed by atoms with van der Waals surface area (Å²) in [6.07, 6.45) is 6.61. The molecule has 248 valence electrons. The van der Waals surface area contributed by atoms with E-state index in [0.29, 0.717) is 18.1 Å². The number of carbonyl (C=O) groups excluding carboxylic acids is 2. The first-order valence-corrected chi connectivity index (χ1v) is 13.9. The molecular weight excluding hydrogens is 596 g/mol. The van der Waals surface area contributed by atoms with Crippen LogP contribution in [0.15, 0.2) is 59.8 Å². The Hall–Kier alpha value is -5.41. The van der Waals surface area contributed by atoms with E-state index >= 15 is 0 Å². The second-order valence-corrected chi connectivity index (χ2v) is 11.2. The number of carbonyl (C=O) groups is 2. The summed E-state index contributed by atoms with van der Waals surface area (Å²) < 4.78 is 32.2. The third kappa shape index (κ3) is 15.4. The van der Waals surface area contributed by atoms with Crippen molar-refractivity contribution in [3.63, 3.8) is 0 Å². The number of nitrogens with zero attached hydrogens (tertiary/aromatic N) is 6. The van der Waals surface area contributed by atoms with Crippen LogP contribution in [0.5, 0.6) is 23.0 Å². The maximum atomic E-state index is 11.8. The van der Waals surface area contributed by atoms with Crippen molar-refractivity contribution in [2.24, 2.45) is 15.9 Å². The topological polar surface area (TPSA) is 169 Å². The summed E-state index contributed by atoms with van der Waals surface area (Å²) in [6.45, 7) is 10.9. The zero-order valence-electron chi connectivity index (χ0n) is 27.6. The minimum Gasteiger partial charge on any atom is -0.497 e. The van der Waals surface area contributed by atoms with Crippen LogP contribution in [0.3, 0.4) is 0 Å². The van der Waals surface area contributed by atoms with Crippen molar-refractivity contribution in [1.82, 2.24) is 15.0 Å². The van der Waals surface area contributed by atoms with E-state index in [1.807, 2.05) is 48.5 Å². The van der Waals surface area contributed by atoms with Gasteiger partial charge in [0.2, 0.25) is 0 Å². The highest BCUT2D eigenvalue weighted by Crippen LogP contribution is 2.19. The number of benzene rings is 2. The molecule has 2 aromatic carbocycles. The Morgan fingerprint density at radius 3 is 1.78 bits per heavy atom. The van der Waals surface area contributed by atoms with E-state index in [1.165, 1.54) is 4.68 Å². The van der Waals surface area contributed by atoms with Crippen LogP contribution in [0.25, 0.3) is 10.4 Å². The van der Waals surface area contributed by atoms with Gasteiger partial charge in [-0.25, -0.2) is 4.68 Å². The van der Waals surface area contributed by atoms with Crippen LogP contribution in [0.1, 0.15) is 47.2 Å². The van der Waals surface area contributed by atoms with Gasteiger partial charge in [0.15, 0.2) is 13.5 Å². The Bertz CT molecular complexity index is 1430. The van der Waals surface area contributed by atoms with Crippen LogP contribution >= 0.6 is 0 Å². The van der Waals surface area contributed by atoms with Gasteiger partial charge in [-0.2, -0.15) is 0 Å². The molecule has 0 amide bonds. The van der Waals surface area contributed by atoms with E-state index in [-0.39, 0.29) is 32.0 Å². The maximum absolute atomic E-state index is 11.8. The van der Waals surface area contributed by atoms with Crippen molar-refractivity contribution >= 4 is 11.9 Å². The Kier molecular flexibility index (Phi) is 16.6. The van der Waals surface area contributed by atoms with Crippen LogP contribution in [0.2, 0.25) is 0 Å². The summed E-state index contributed by atoms with van der Waals surface area (Å²) in [5, 5.41) is 10.8. The quantitative estimate of drug-likeness (QED) is 0.0802. The van der Waals surface area contributed by atoms with E-state index in [9.17, 15) is 9.59 Å². The van der Waals surface area contributed by atoms with Crippen molar-refractivity contribution in [3.8, 4) is 35.3 Å². The van der Waals surface area contributed by atoms with Gasteiger partial charge in [-0.05, 0) is 95.6 Å². The smallest absolute Gasteiger partial charge is 0.313 e. The van der Waals surface area contributed by atoms with E-state index in [2.05, 4.69) is 31.0 Å². The van der Waals surface area contributed by atoms with Gasteiger partial charge in [0.1, 0.15) is 36.2 Å². The largest absolute Gasteiger partial charge is 0.497 e. The molecule has 0 unspecified atom stereocenters. The van der Waals surface area contributed by atoms with Gasteiger partial charge in [0, 0.05) is 4.91 Å². The lowest BCUT2D eigenvalue weighted by Crippen LogP contribution is -2.24. The summed E-state index contributed by atoms with van der Waals surface area (Å²) in [7, 11) is 3.23. The lowest BCUT2D eigenvalue weighted by atomic mass is 9.97. The molecule has 0 radical (unpaired) electrons. The molecule has 0 N–H and O–H groups in total. The Morgan fingerprint density at radius 2 is 1.33 bits per heavy atom. The van der Waals surface area contributed by atoms with Crippen LogP contribution in [-0.4, -0.2) is 54.5 Å². The van der Waals surface area contributed by atoms with Gasteiger partial charge in [0.05, 0.1) is 36.9 Å². The lowest BCUT2D eigenvalue weighted by molar-refractivity contribution is -0.157. The molecule has 1 aromatic heterocycles. The number of rotatable bonds is 11. The SMILES string of the molecule is C#CCOc1ccc(OC)cc1.CC(C)(C)C(=O)OCN=[N+]=[N-].COc1ccc(OCc2cnnn2COC(=O)C(C)(C)C)cc1. The molecule has 14 heteroatoms. The van der Waals surface area contributed by atoms with Crippen LogP contribution in [0.4, 0.5) is 0 Å². The number of hydrogen-bond donors (Lipinski definition) is 0. The second-order valence-electron chi connectivity index (χ2n) is 11.2. The molecule has 3 aromatic rings. The summed E-state index contributed by atoms with van der Waals surface area (Å²) >= 11 is 0. The lowest BCUT2D eigenvalue weighted by Gasteiger charge is -2.16. The first-order valence-electron chi connectivity index (χ1n) is 13.9. The van der Waals surface area contributed by atoms with Crippen molar-refractivity contribution in [2.45, 2.75) is 54.9 Å². The molecule has 0 aliphatic heterocycles. The molecule has 0 atom stereocenters. The zero-order chi connectivity index (χ0) is 34.6. The van der Waals surface area contributed by atoms with Crippen LogP contribution in [0, 0.1) is 23.2 Å². The summed E-state index contributed by atoms with van der Waals surface area (Å²) in [5.41, 5.74) is 7.47. The van der Waals surface area contributed by atoms with E-state index < -0.39 is 10.8 Å². The highest BCUT2D eigenvalue weighted by Gasteiger charge is 2.23. The Morgan fingerprint density at radius 1 is 0.848 bits per heavy atom. The summed E-state index contributed by atoms with van der Waals surface area (Å²) in [4.78, 5) is 25.2. The number of methoxy groups -OCH3 is 2. The molecule has 0 aliphatic rings. The molecule has 3 rings (SSSR count). The first-order chi connectivity index (χ1) is 21.7. The molecule has 1 heterocycles.